The van der Waals surface area contributed by atoms with Crippen molar-refractivity contribution in [3.05, 3.63) is 0 Å². The minimum absolute atomic E-state index is 0. The summed E-state index contributed by atoms with van der Waals surface area (Å²) in [5.74, 6) is 0. The molecule has 0 atom stereocenters. The third-order valence-electron chi connectivity index (χ3n) is 0. The normalized spacial score (nSPS) is 4.80. The van der Waals surface area contributed by atoms with Crippen LogP contribution in [0, 0.1) is 0 Å². The van der Waals surface area contributed by atoms with E-state index in [4.69, 9.17) is 9.90 Å². The van der Waals surface area contributed by atoms with Crippen LogP contribution in [0.2, 0.25) is 0 Å². The predicted octanol–water partition coefficient (Wildman–Crippen LogP) is -1.03. The van der Waals surface area contributed by atoms with Gasteiger partial charge in [0.2, 0.25) is 0 Å². The molecular formula is CH4LiNO2. The fraction of sp³-hybridized carbons (Fsp3) is 0. The molecule has 0 fully saturated rings. The zero-order chi connectivity index (χ0) is 3.58. The van der Waals surface area contributed by atoms with Crippen molar-refractivity contribution in [1.82, 2.24) is 0 Å². The molecule has 0 rings (SSSR count). The van der Waals surface area contributed by atoms with Gasteiger partial charge in [-0.1, -0.05) is 0 Å². The maximum atomic E-state index is 8.78. The summed E-state index contributed by atoms with van der Waals surface area (Å²) in [7, 11) is 0. The Morgan fingerprint density at radius 2 is 1.80 bits per heavy atom. The van der Waals surface area contributed by atoms with E-state index < -0.39 is 6.09 Å². The molecule has 5 heavy (non-hydrogen) atoms. The molecule has 4 heteroatoms. The Bertz CT molecular complexity index is 32.6. The fourth-order valence-electron chi connectivity index (χ4n) is 0. The van der Waals surface area contributed by atoms with Crippen LogP contribution in [-0.4, -0.2) is 30.1 Å². The number of nitrogens with two attached hydrogens (primary N) is 1. The number of amides is 1. The molecule has 3 N–H and O–H groups in total. The molecule has 0 saturated heterocycles. The second-order valence-electron chi connectivity index (χ2n) is 0.338. The van der Waals surface area contributed by atoms with Gasteiger partial charge >= 0.3 is 25.0 Å². The summed E-state index contributed by atoms with van der Waals surface area (Å²) in [6.45, 7) is 0. The zero-order valence-corrected chi connectivity index (χ0v) is 1.93. The van der Waals surface area contributed by atoms with Gasteiger partial charge in [-0.25, -0.2) is 4.79 Å². The zero-order valence-electron chi connectivity index (χ0n) is 1.93. The van der Waals surface area contributed by atoms with Crippen LogP contribution in [0.25, 0.3) is 0 Å². The van der Waals surface area contributed by atoms with Crippen LogP contribution >= 0.6 is 0 Å². The van der Waals surface area contributed by atoms with Crippen molar-refractivity contribution < 1.29 is 9.90 Å². The van der Waals surface area contributed by atoms with Gasteiger partial charge in [-0.15, -0.1) is 0 Å². The van der Waals surface area contributed by atoms with Crippen molar-refractivity contribution in [2.24, 2.45) is 5.73 Å². The van der Waals surface area contributed by atoms with E-state index in [1.165, 1.54) is 0 Å². The maximum absolute atomic E-state index is 8.78. The van der Waals surface area contributed by atoms with E-state index in [0.29, 0.717) is 0 Å². The van der Waals surface area contributed by atoms with Crippen LogP contribution in [0.3, 0.4) is 0 Å². The molecule has 3 nitrogen and oxygen atoms in total. The average Bonchev–Trinajstić information content (AvgIpc) is 0.811. The minimum atomic E-state index is -1.33. The molecule has 0 aliphatic heterocycles. The number of hydrogen-bond donors (Lipinski definition) is 2. The van der Waals surface area contributed by atoms with Crippen LogP contribution in [0.1, 0.15) is 0 Å². The van der Waals surface area contributed by atoms with Crippen LogP contribution in [0.4, 0.5) is 4.79 Å². The molecule has 0 spiro atoms. The summed E-state index contributed by atoms with van der Waals surface area (Å²) in [6.07, 6.45) is -1.33. The van der Waals surface area contributed by atoms with Gasteiger partial charge in [-0.3, -0.25) is 0 Å². The average molecular weight is 69.0 g/mol. The molecule has 0 heterocycles. The van der Waals surface area contributed by atoms with E-state index in [1.807, 2.05) is 0 Å². The molecule has 0 bridgehead atoms. The number of carbonyl (C=O) groups is 1. The van der Waals surface area contributed by atoms with E-state index in [2.05, 4.69) is 5.73 Å². The summed E-state index contributed by atoms with van der Waals surface area (Å²) in [4.78, 5) is 8.78. The van der Waals surface area contributed by atoms with Gasteiger partial charge in [-0.2, -0.15) is 0 Å². The van der Waals surface area contributed by atoms with Crippen molar-refractivity contribution >= 4 is 25.0 Å². The van der Waals surface area contributed by atoms with Crippen molar-refractivity contribution in [2.45, 2.75) is 0 Å². The van der Waals surface area contributed by atoms with Crippen LogP contribution in [-0.2, 0) is 0 Å². The standard InChI is InChI=1S/CH3NO2.Li.H/c2-1(3)4;;/h2H2,(H,3,4);;. The van der Waals surface area contributed by atoms with Gasteiger partial charge in [0.15, 0.2) is 0 Å². The van der Waals surface area contributed by atoms with Crippen molar-refractivity contribution in [1.29, 1.82) is 0 Å². The predicted molar refractivity (Wildman–Crippen MR) is 19.4 cm³/mol. The first-order chi connectivity index (χ1) is 1.73. The molecule has 0 aromatic heterocycles. The van der Waals surface area contributed by atoms with E-state index >= 15 is 0 Å². The molecule has 1 amide bonds. The van der Waals surface area contributed by atoms with E-state index in [0.717, 1.165) is 0 Å². The van der Waals surface area contributed by atoms with Crippen LogP contribution < -0.4 is 5.73 Å². The van der Waals surface area contributed by atoms with Gasteiger partial charge < -0.3 is 10.8 Å². The molecular weight excluding hydrogens is 65.0 g/mol. The number of carboxylic acid groups (broad SMARTS) is 1. The molecule has 26 valence electrons. The number of rotatable bonds is 0. The Hall–Kier alpha value is -0.133. The van der Waals surface area contributed by atoms with Crippen molar-refractivity contribution in [3.8, 4) is 0 Å². The summed E-state index contributed by atoms with van der Waals surface area (Å²) < 4.78 is 0. The summed E-state index contributed by atoms with van der Waals surface area (Å²) >= 11 is 0. The topological polar surface area (TPSA) is 63.3 Å². The van der Waals surface area contributed by atoms with Gasteiger partial charge in [0.25, 0.3) is 0 Å². The van der Waals surface area contributed by atoms with Crippen molar-refractivity contribution in [3.63, 3.8) is 0 Å². The first kappa shape index (κ1) is 8.85. The van der Waals surface area contributed by atoms with E-state index in [1.54, 1.807) is 0 Å². The molecule has 0 aliphatic rings. The molecule has 0 unspecified atom stereocenters. The molecule has 0 saturated carbocycles. The summed E-state index contributed by atoms with van der Waals surface area (Å²) in [6, 6.07) is 0. The Morgan fingerprint density at radius 1 is 1.80 bits per heavy atom. The van der Waals surface area contributed by atoms with Gasteiger partial charge in [0.1, 0.15) is 0 Å². The third-order valence-corrected chi connectivity index (χ3v) is 0. The van der Waals surface area contributed by atoms with Crippen molar-refractivity contribution in [2.75, 3.05) is 0 Å². The number of primary amides is 1. The number of hydrogen-bond acceptors (Lipinski definition) is 1. The Balaban J connectivity index is 0. The Kier molecular flexibility index (Phi) is 6.85. The third kappa shape index (κ3) is 767. The van der Waals surface area contributed by atoms with E-state index in [9.17, 15) is 0 Å². The van der Waals surface area contributed by atoms with Gasteiger partial charge in [0.05, 0.1) is 0 Å². The Labute approximate surface area is 41.3 Å². The van der Waals surface area contributed by atoms with E-state index in [-0.39, 0.29) is 18.9 Å². The molecule has 0 aliphatic carbocycles. The molecule has 0 radical (unpaired) electrons. The quantitative estimate of drug-likeness (QED) is 0.357. The first-order valence-corrected chi connectivity index (χ1v) is 0.716. The fourth-order valence-corrected chi connectivity index (χ4v) is 0. The van der Waals surface area contributed by atoms with Crippen LogP contribution in [0.5, 0.6) is 0 Å². The second-order valence-corrected chi connectivity index (χ2v) is 0.338. The summed E-state index contributed by atoms with van der Waals surface area (Å²) in [5.41, 5.74) is 4.03. The summed E-state index contributed by atoms with van der Waals surface area (Å²) in [5, 5.41) is 7.19. The molecule has 0 aromatic carbocycles. The molecule has 0 aromatic rings. The first-order valence-electron chi connectivity index (χ1n) is 0.716. The second kappa shape index (κ2) is 3.87. The van der Waals surface area contributed by atoms with Gasteiger partial charge in [-0.05, 0) is 0 Å². The monoisotopic (exact) mass is 69.0 g/mol. The Morgan fingerprint density at radius 3 is 1.80 bits per heavy atom. The SMILES string of the molecule is NC(=O)O.[LiH]. The van der Waals surface area contributed by atoms with Crippen LogP contribution in [0.15, 0.2) is 0 Å². The van der Waals surface area contributed by atoms with Gasteiger partial charge in [0, 0.05) is 0 Å².